The van der Waals surface area contributed by atoms with Crippen molar-refractivity contribution in [3.63, 3.8) is 0 Å². The third-order valence-corrected chi connectivity index (χ3v) is 7.73. The van der Waals surface area contributed by atoms with Crippen molar-refractivity contribution in [1.82, 2.24) is 9.97 Å². The lowest BCUT2D eigenvalue weighted by Crippen LogP contribution is -2.13. The van der Waals surface area contributed by atoms with Crippen LogP contribution in [0.1, 0.15) is 48.4 Å². The van der Waals surface area contributed by atoms with Gasteiger partial charge in [0.05, 0.1) is 15.4 Å². The zero-order valence-electron chi connectivity index (χ0n) is 10.6. The van der Waals surface area contributed by atoms with Gasteiger partial charge in [-0.15, -0.1) is 11.8 Å². The minimum absolute atomic E-state index is 0.407. The molecule has 3 rings (SSSR count). The first-order valence-electron chi connectivity index (χ1n) is 6.68. The maximum atomic E-state index is 6.30. The average molecular weight is 380 g/mol. The van der Waals surface area contributed by atoms with E-state index in [4.69, 9.17) is 16.6 Å². The van der Waals surface area contributed by atoms with Crippen LogP contribution in [-0.2, 0) is 0 Å². The van der Waals surface area contributed by atoms with E-state index in [9.17, 15) is 0 Å². The predicted molar refractivity (Wildman–Crippen MR) is 88.5 cm³/mol. The fourth-order valence-corrected chi connectivity index (χ4v) is 5.99. The highest BCUT2D eigenvalue weighted by molar-refractivity contribution is 9.10. The van der Waals surface area contributed by atoms with Gasteiger partial charge in [0.1, 0.15) is 11.0 Å². The van der Waals surface area contributed by atoms with Crippen molar-refractivity contribution < 1.29 is 0 Å². The van der Waals surface area contributed by atoms with Gasteiger partial charge in [-0.1, -0.05) is 24.4 Å². The van der Waals surface area contributed by atoms with Crippen LogP contribution in [-0.4, -0.2) is 27.2 Å². The third kappa shape index (κ3) is 3.25. The Morgan fingerprint density at radius 1 is 1.16 bits per heavy atom. The zero-order chi connectivity index (χ0) is 13.2. The summed E-state index contributed by atoms with van der Waals surface area (Å²) in [4.78, 5) is 9.36. The topological polar surface area (TPSA) is 25.8 Å². The van der Waals surface area contributed by atoms with Crippen LogP contribution in [0.2, 0.25) is 5.15 Å². The minimum atomic E-state index is 0.407. The van der Waals surface area contributed by atoms with E-state index in [0.29, 0.717) is 16.3 Å². The van der Waals surface area contributed by atoms with E-state index in [1.165, 1.54) is 37.2 Å². The van der Waals surface area contributed by atoms with Crippen LogP contribution >= 0.6 is 51.1 Å². The number of hydrogen-bond acceptors (Lipinski definition) is 4. The van der Waals surface area contributed by atoms with Crippen molar-refractivity contribution in [2.24, 2.45) is 0 Å². The standard InChI is InChI=1S/C13H16BrClN2S2/c14-10-11(8-3-1-2-4-8)16-13(17-12(10)15)9-7-18-5-6-19-9/h8-9H,1-7H2. The van der Waals surface area contributed by atoms with Gasteiger partial charge in [0.25, 0.3) is 0 Å². The molecule has 0 amide bonds. The van der Waals surface area contributed by atoms with Crippen molar-refractivity contribution in [3.05, 3.63) is 21.1 Å². The highest BCUT2D eigenvalue weighted by Crippen LogP contribution is 2.41. The van der Waals surface area contributed by atoms with Crippen LogP contribution in [0.4, 0.5) is 0 Å². The summed E-state index contributed by atoms with van der Waals surface area (Å²) in [6, 6.07) is 0. The first kappa shape index (κ1) is 14.5. The molecule has 104 valence electrons. The fourth-order valence-electron chi connectivity index (χ4n) is 2.70. The predicted octanol–water partition coefficient (Wildman–Crippen LogP) is 5.07. The summed E-state index contributed by atoms with van der Waals surface area (Å²) in [6.45, 7) is 0. The zero-order valence-corrected chi connectivity index (χ0v) is 14.5. The number of halogens is 2. The van der Waals surface area contributed by atoms with Gasteiger partial charge in [0.15, 0.2) is 0 Å². The lowest BCUT2D eigenvalue weighted by Gasteiger charge is -2.21. The SMILES string of the molecule is Clc1nc(C2CSCCS2)nc(C2CCCC2)c1Br. The largest absolute Gasteiger partial charge is 0.235 e. The Labute approximate surface area is 136 Å². The van der Waals surface area contributed by atoms with Crippen molar-refractivity contribution in [2.45, 2.75) is 36.9 Å². The summed E-state index contributed by atoms with van der Waals surface area (Å²) in [7, 11) is 0. The van der Waals surface area contributed by atoms with E-state index < -0.39 is 0 Å². The Balaban J connectivity index is 1.92. The number of aromatic nitrogens is 2. The molecule has 2 aliphatic rings. The second kappa shape index (κ2) is 6.54. The number of thioether (sulfide) groups is 2. The van der Waals surface area contributed by atoms with Crippen LogP contribution in [0.5, 0.6) is 0 Å². The van der Waals surface area contributed by atoms with E-state index in [2.05, 4.69) is 20.9 Å². The van der Waals surface area contributed by atoms with Crippen LogP contribution in [0.3, 0.4) is 0 Å². The van der Waals surface area contributed by atoms with Crippen LogP contribution in [0.15, 0.2) is 4.47 Å². The third-order valence-electron chi connectivity index (χ3n) is 3.70. The van der Waals surface area contributed by atoms with Gasteiger partial charge in [-0.2, -0.15) is 11.8 Å². The van der Waals surface area contributed by atoms with Crippen LogP contribution in [0, 0.1) is 0 Å². The molecule has 1 unspecified atom stereocenters. The lowest BCUT2D eigenvalue weighted by molar-refractivity contribution is 0.679. The molecule has 1 aliphatic carbocycles. The molecule has 2 heterocycles. The van der Waals surface area contributed by atoms with Gasteiger partial charge in [-0.05, 0) is 28.8 Å². The molecule has 1 aromatic heterocycles. The van der Waals surface area contributed by atoms with Gasteiger partial charge >= 0.3 is 0 Å². The number of hydrogen-bond donors (Lipinski definition) is 0. The van der Waals surface area contributed by atoms with E-state index in [0.717, 1.165) is 21.7 Å². The molecule has 0 N–H and O–H groups in total. The molecule has 0 radical (unpaired) electrons. The van der Waals surface area contributed by atoms with Crippen molar-refractivity contribution in [2.75, 3.05) is 17.3 Å². The van der Waals surface area contributed by atoms with E-state index in [-0.39, 0.29) is 0 Å². The molecule has 1 saturated carbocycles. The quantitative estimate of drug-likeness (QED) is 0.670. The fraction of sp³-hybridized carbons (Fsp3) is 0.692. The monoisotopic (exact) mass is 378 g/mol. The summed E-state index contributed by atoms with van der Waals surface area (Å²) in [6.07, 6.45) is 5.08. The van der Waals surface area contributed by atoms with E-state index >= 15 is 0 Å². The highest BCUT2D eigenvalue weighted by Gasteiger charge is 2.26. The Kier molecular flexibility index (Phi) is 4.99. The summed E-state index contributed by atoms with van der Waals surface area (Å²) in [5, 5.41) is 0.993. The lowest BCUT2D eigenvalue weighted by atomic mass is 10.0. The Bertz CT molecular complexity index is 460. The summed E-state index contributed by atoms with van der Waals surface area (Å²) in [5.41, 5.74) is 1.14. The van der Waals surface area contributed by atoms with Gasteiger partial charge in [-0.25, -0.2) is 9.97 Å². The molecule has 0 aromatic carbocycles. The molecule has 1 aliphatic heterocycles. The first-order valence-corrected chi connectivity index (χ1v) is 10.1. The molecule has 2 fully saturated rings. The van der Waals surface area contributed by atoms with Gasteiger partial charge < -0.3 is 0 Å². The second-order valence-electron chi connectivity index (χ2n) is 4.99. The molecule has 1 aromatic rings. The Morgan fingerprint density at radius 2 is 1.95 bits per heavy atom. The first-order chi connectivity index (χ1) is 9.25. The van der Waals surface area contributed by atoms with Gasteiger partial charge in [-0.3, -0.25) is 0 Å². The van der Waals surface area contributed by atoms with Crippen molar-refractivity contribution >= 4 is 51.1 Å². The minimum Gasteiger partial charge on any atom is -0.235 e. The molecular formula is C13H16BrClN2S2. The molecular weight excluding hydrogens is 364 g/mol. The van der Waals surface area contributed by atoms with Gasteiger partial charge in [0, 0.05) is 23.2 Å². The highest BCUT2D eigenvalue weighted by atomic mass is 79.9. The second-order valence-corrected chi connectivity index (χ2v) is 8.60. The Hall–Kier alpha value is 0.550. The smallest absolute Gasteiger partial charge is 0.147 e. The maximum absolute atomic E-state index is 6.30. The van der Waals surface area contributed by atoms with Gasteiger partial charge in [0.2, 0.25) is 0 Å². The van der Waals surface area contributed by atoms with Crippen LogP contribution in [0.25, 0.3) is 0 Å². The molecule has 1 saturated heterocycles. The normalized spacial score (nSPS) is 24.8. The summed E-state index contributed by atoms with van der Waals surface area (Å²) >= 11 is 13.8. The average Bonchev–Trinajstić information content (AvgIpc) is 2.96. The Morgan fingerprint density at radius 3 is 2.63 bits per heavy atom. The summed E-state index contributed by atoms with van der Waals surface area (Å²) < 4.78 is 0.915. The molecule has 6 heteroatoms. The van der Waals surface area contributed by atoms with E-state index in [1.807, 2.05) is 23.5 Å². The van der Waals surface area contributed by atoms with Crippen molar-refractivity contribution in [1.29, 1.82) is 0 Å². The molecule has 0 spiro atoms. The molecule has 19 heavy (non-hydrogen) atoms. The molecule has 1 atom stereocenters. The molecule has 2 nitrogen and oxygen atoms in total. The number of rotatable bonds is 2. The van der Waals surface area contributed by atoms with Crippen LogP contribution < -0.4 is 0 Å². The molecule has 0 bridgehead atoms. The van der Waals surface area contributed by atoms with E-state index in [1.54, 1.807) is 0 Å². The number of nitrogens with zero attached hydrogens (tertiary/aromatic N) is 2. The summed E-state index contributed by atoms with van der Waals surface area (Å²) in [5.74, 6) is 5.03. The van der Waals surface area contributed by atoms with Crippen molar-refractivity contribution in [3.8, 4) is 0 Å². The maximum Gasteiger partial charge on any atom is 0.147 e.